The zero-order chi connectivity index (χ0) is 15.4. The van der Waals surface area contributed by atoms with Crippen LogP contribution in [0.2, 0.25) is 0 Å². The van der Waals surface area contributed by atoms with E-state index in [1.165, 1.54) is 0 Å². The summed E-state index contributed by atoms with van der Waals surface area (Å²) in [6.07, 6.45) is 0.443. The van der Waals surface area contributed by atoms with E-state index in [0.717, 1.165) is 26.7 Å². The summed E-state index contributed by atoms with van der Waals surface area (Å²) >= 11 is 3.44. The zero-order valence-electron chi connectivity index (χ0n) is 12.0. The zero-order valence-corrected chi connectivity index (χ0v) is 13.6. The molecular formula is C20H15BrO. The Morgan fingerprint density at radius 1 is 0.727 bits per heavy atom. The van der Waals surface area contributed by atoms with Crippen molar-refractivity contribution in [3.8, 4) is 11.1 Å². The van der Waals surface area contributed by atoms with Crippen LogP contribution in [0.3, 0.4) is 0 Å². The van der Waals surface area contributed by atoms with E-state index in [2.05, 4.69) is 28.1 Å². The molecule has 0 amide bonds. The second kappa shape index (κ2) is 6.71. The van der Waals surface area contributed by atoms with Crippen molar-refractivity contribution in [3.05, 3.63) is 94.5 Å². The number of carbonyl (C=O) groups is 1. The normalized spacial score (nSPS) is 10.4. The predicted octanol–water partition coefficient (Wildman–Crippen LogP) is 5.54. The van der Waals surface area contributed by atoms with Crippen molar-refractivity contribution >= 4 is 21.7 Å². The smallest absolute Gasteiger partial charge is 0.167 e. The van der Waals surface area contributed by atoms with Gasteiger partial charge in [0, 0.05) is 16.5 Å². The highest BCUT2D eigenvalue weighted by Crippen LogP contribution is 2.22. The Balaban J connectivity index is 1.76. The van der Waals surface area contributed by atoms with Gasteiger partial charge in [0.1, 0.15) is 0 Å². The SMILES string of the molecule is O=C(Cc1ccccc1)c1ccc(-c2ccc(Br)cc2)cc1. The molecule has 1 nitrogen and oxygen atoms in total. The highest BCUT2D eigenvalue weighted by molar-refractivity contribution is 9.10. The molecule has 22 heavy (non-hydrogen) atoms. The minimum atomic E-state index is 0.147. The number of hydrogen-bond donors (Lipinski definition) is 0. The molecule has 0 heterocycles. The quantitative estimate of drug-likeness (QED) is 0.564. The standard InChI is InChI=1S/C20H15BrO/c21-19-12-10-17(11-13-19)16-6-8-18(9-7-16)20(22)14-15-4-2-1-3-5-15/h1-13H,14H2. The number of benzene rings is 3. The summed E-state index contributed by atoms with van der Waals surface area (Å²) in [5, 5.41) is 0. The Labute approximate surface area is 138 Å². The summed E-state index contributed by atoms with van der Waals surface area (Å²) < 4.78 is 1.06. The van der Waals surface area contributed by atoms with Crippen molar-refractivity contribution in [1.82, 2.24) is 0 Å². The summed E-state index contributed by atoms with van der Waals surface area (Å²) in [7, 11) is 0. The number of halogens is 1. The van der Waals surface area contributed by atoms with E-state index >= 15 is 0 Å². The highest BCUT2D eigenvalue weighted by atomic mass is 79.9. The third-order valence-corrected chi connectivity index (χ3v) is 4.12. The van der Waals surface area contributed by atoms with Gasteiger partial charge in [-0.15, -0.1) is 0 Å². The van der Waals surface area contributed by atoms with Crippen LogP contribution in [0, 0.1) is 0 Å². The Bertz CT molecular complexity index is 759. The maximum Gasteiger partial charge on any atom is 0.167 e. The molecule has 0 saturated carbocycles. The molecule has 3 rings (SSSR count). The Kier molecular flexibility index (Phi) is 4.50. The Hall–Kier alpha value is -2.19. The predicted molar refractivity (Wildman–Crippen MR) is 94.1 cm³/mol. The maximum absolute atomic E-state index is 12.3. The largest absolute Gasteiger partial charge is 0.294 e. The van der Waals surface area contributed by atoms with E-state index in [1.807, 2.05) is 66.7 Å². The second-order valence-electron chi connectivity index (χ2n) is 5.17. The first-order valence-corrected chi connectivity index (χ1v) is 7.95. The fourth-order valence-corrected chi connectivity index (χ4v) is 2.64. The van der Waals surface area contributed by atoms with Crippen LogP contribution in [-0.2, 0) is 6.42 Å². The van der Waals surface area contributed by atoms with Gasteiger partial charge >= 0.3 is 0 Å². The molecule has 0 aliphatic heterocycles. The van der Waals surface area contributed by atoms with Gasteiger partial charge in [0.2, 0.25) is 0 Å². The van der Waals surface area contributed by atoms with E-state index in [4.69, 9.17) is 0 Å². The molecule has 0 fully saturated rings. The fourth-order valence-electron chi connectivity index (χ4n) is 2.37. The molecule has 0 aromatic heterocycles. The van der Waals surface area contributed by atoms with Gasteiger partial charge < -0.3 is 0 Å². The van der Waals surface area contributed by atoms with Crippen molar-refractivity contribution in [3.63, 3.8) is 0 Å². The van der Waals surface area contributed by atoms with E-state index < -0.39 is 0 Å². The van der Waals surface area contributed by atoms with Crippen molar-refractivity contribution in [2.45, 2.75) is 6.42 Å². The first-order valence-electron chi connectivity index (χ1n) is 7.15. The van der Waals surface area contributed by atoms with Gasteiger partial charge in [-0.05, 0) is 28.8 Å². The molecule has 3 aromatic carbocycles. The first-order chi connectivity index (χ1) is 10.7. The second-order valence-corrected chi connectivity index (χ2v) is 6.09. The van der Waals surface area contributed by atoms with Crippen molar-refractivity contribution in [1.29, 1.82) is 0 Å². The molecule has 0 spiro atoms. The molecule has 0 aliphatic carbocycles. The first kappa shape index (κ1) is 14.7. The van der Waals surface area contributed by atoms with Gasteiger partial charge in [0.25, 0.3) is 0 Å². The van der Waals surface area contributed by atoms with Crippen LogP contribution in [0.15, 0.2) is 83.3 Å². The fraction of sp³-hybridized carbons (Fsp3) is 0.0500. The molecule has 0 radical (unpaired) electrons. The molecule has 2 heteroatoms. The molecule has 0 unspecified atom stereocenters. The lowest BCUT2D eigenvalue weighted by Crippen LogP contribution is -2.03. The van der Waals surface area contributed by atoms with Gasteiger partial charge in [-0.1, -0.05) is 82.7 Å². The lowest BCUT2D eigenvalue weighted by Gasteiger charge is -2.05. The van der Waals surface area contributed by atoms with Gasteiger partial charge in [-0.2, -0.15) is 0 Å². The van der Waals surface area contributed by atoms with E-state index in [1.54, 1.807) is 0 Å². The molecule has 108 valence electrons. The van der Waals surface area contributed by atoms with E-state index in [9.17, 15) is 4.79 Å². The van der Waals surface area contributed by atoms with Gasteiger partial charge in [0.05, 0.1) is 0 Å². The summed E-state index contributed by atoms with van der Waals surface area (Å²) in [6, 6.07) is 25.8. The summed E-state index contributed by atoms with van der Waals surface area (Å²) in [5.41, 5.74) is 4.06. The van der Waals surface area contributed by atoms with Crippen LogP contribution in [0.4, 0.5) is 0 Å². The minimum absolute atomic E-state index is 0.147. The number of hydrogen-bond acceptors (Lipinski definition) is 1. The molecule has 0 bridgehead atoms. The van der Waals surface area contributed by atoms with Crippen molar-refractivity contribution in [2.75, 3.05) is 0 Å². The van der Waals surface area contributed by atoms with Crippen LogP contribution in [0.5, 0.6) is 0 Å². The van der Waals surface area contributed by atoms with Crippen LogP contribution in [-0.4, -0.2) is 5.78 Å². The van der Waals surface area contributed by atoms with Gasteiger partial charge in [-0.3, -0.25) is 4.79 Å². The van der Waals surface area contributed by atoms with E-state index in [0.29, 0.717) is 6.42 Å². The van der Waals surface area contributed by atoms with Crippen molar-refractivity contribution < 1.29 is 4.79 Å². The molecule has 0 aliphatic rings. The van der Waals surface area contributed by atoms with Gasteiger partial charge in [-0.25, -0.2) is 0 Å². The van der Waals surface area contributed by atoms with Crippen LogP contribution in [0.1, 0.15) is 15.9 Å². The Morgan fingerprint density at radius 3 is 1.86 bits per heavy atom. The third kappa shape index (κ3) is 3.52. The number of carbonyl (C=O) groups excluding carboxylic acids is 1. The average molecular weight is 351 g/mol. The minimum Gasteiger partial charge on any atom is -0.294 e. The topological polar surface area (TPSA) is 17.1 Å². The van der Waals surface area contributed by atoms with Crippen molar-refractivity contribution in [2.24, 2.45) is 0 Å². The lowest BCUT2D eigenvalue weighted by atomic mass is 9.99. The monoisotopic (exact) mass is 350 g/mol. The Morgan fingerprint density at radius 2 is 1.27 bits per heavy atom. The highest BCUT2D eigenvalue weighted by Gasteiger charge is 2.07. The van der Waals surface area contributed by atoms with Crippen LogP contribution >= 0.6 is 15.9 Å². The van der Waals surface area contributed by atoms with Gasteiger partial charge in [0.15, 0.2) is 5.78 Å². The summed E-state index contributed by atoms with van der Waals surface area (Å²) in [6.45, 7) is 0. The van der Waals surface area contributed by atoms with E-state index in [-0.39, 0.29) is 5.78 Å². The molecule has 3 aromatic rings. The average Bonchev–Trinajstić information content (AvgIpc) is 2.57. The molecule has 0 N–H and O–H groups in total. The number of Topliss-reactive ketones (excluding diaryl/α,β-unsaturated/α-hetero) is 1. The third-order valence-electron chi connectivity index (χ3n) is 3.59. The molecule has 0 saturated heterocycles. The maximum atomic E-state index is 12.3. The number of rotatable bonds is 4. The van der Waals surface area contributed by atoms with Crippen LogP contribution < -0.4 is 0 Å². The van der Waals surface area contributed by atoms with Crippen LogP contribution in [0.25, 0.3) is 11.1 Å². The molecular weight excluding hydrogens is 336 g/mol. The molecule has 0 atom stereocenters. The summed E-state index contributed by atoms with van der Waals surface area (Å²) in [5.74, 6) is 0.147. The lowest BCUT2D eigenvalue weighted by molar-refractivity contribution is 0.0993. The summed E-state index contributed by atoms with van der Waals surface area (Å²) in [4.78, 5) is 12.3. The number of ketones is 1.